The van der Waals surface area contributed by atoms with Crippen LogP contribution in [0.5, 0.6) is 0 Å². The third kappa shape index (κ3) is 23.8. The number of rotatable bonds is 32. The van der Waals surface area contributed by atoms with Crippen LogP contribution in [0.4, 0.5) is 0 Å². The molecule has 2 fully saturated rings. The van der Waals surface area contributed by atoms with Crippen molar-refractivity contribution in [2.45, 2.75) is 263 Å². The third-order valence-electron chi connectivity index (χ3n) is 10.8. The largest absolute Gasteiger partial charge is 0.462 e. The maximum Gasteiger partial charge on any atom is 0.309 e. The van der Waals surface area contributed by atoms with Crippen molar-refractivity contribution in [3.05, 3.63) is 0 Å². The second-order valence-corrected chi connectivity index (χ2v) is 33.4. The van der Waals surface area contributed by atoms with Gasteiger partial charge in [-0.15, -0.1) is 0 Å². The van der Waals surface area contributed by atoms with Gasteiger partial charge in [-0.1, -0.05) is 96.8 Å². The number of carbonyl (C=O) groups excluding carboxylic acids is 2. The van der Waals surface area contributed by atoms with E-state index in [4.69, 9.17) is 22.8 Å². The summed E-state index contributed by atoms with van der Waals surface area (Å²) >= 11 is 0. The van der Waals surface area contributed by atoms with Crippen LogP contribution in [0.2, 0.25) is 58.9 Å². The Hall–Kier alpha value is -0.369. The van der Waals surface area contributed by atoms with E-state index in [9.17, 15) is 9.59 Å². The summed E-state index contributed by atoms with van der Waals surface area (Å²) in [5.41, 5.74) is 0. The van der Waals surface area contributed by atoms with E-state index in [1.54, 1.807) is 6.92 Å². The molecule has 0 unspecified atom stereocenters. The molecule has 0 N–H and O–H groups in total. The number of hydrogen-bond donors (Lipinski definition) is 0. The molecule has 0 amide bonds. The molecular formula is C44H88O7Si3. The van der Waals surface area contributed by atoms with E-state index < -0.39 is 25.0 Å². The standard InChI is InChI=1S/C44H88O7Si3/c1-12-13-14-15-16-17-18-19-23-26-29-42(50-53(6,7)8)40-32-33-41(48-40)43(51-54(9,10)11)31-30-38(49-52(3,4)5)27-24-21-20-22-25-28-39-35-37(34-36(2)45)44(46)47-39/h37-43H,12-35H2,1-11H3/t37-,38-,39-,40-,41-,42-,43+/m1/s1. The zero-order valence-electron chi connectivity index (χ0n) is 37.4. The average Bonchev–Trinajstić information content (AvgIpc) is 3.67. The molecule has 318 valence electrons. The molecule has 2 aliphatic heterocycles. The van der Waals surface area contributed by atoms with Crippen LogP contribution in [-0.2, 0) is 32.3 Å². The fourth-order valence-electron chi connectivity index (χ4n) is 8.42. The Morgan fingerprint density at radius 2 is 1.09 bits per heavy atom. The molecule has 2 rings (SSSR count). The molecule has 0 aromatic rings. The van der Waals surface area contributed by atoms with E-state index >= 15 is 0 Å². The predicted molar refractivity (Wildman–Crippen MR) is 234 cm³/mol. The molecule has 0 bridgehead atoms. The van der Waals surface area contributed by atoms with Gasteiger partial charge in [0.25, 0.3) is 0 Å². The quantitative estimate of drug-likeness (QED) is 0.0380. The molecule has 7 atom stereocenters. The molecule has 7 nitrogen and oxygen atoms in total. The number of unbranched alkanes of at least 4 members (excludes halogenated alkanes) is 13. The van der Waals surface area contributed by atoms with Gasteiger partial charge in [0.15, 0.2) is 25.0 Å². The lowest BCUT2D eigenvalue weighted by molar-refractivity contribution is -0.145. The van der Waals surface area contributed by atoms with E-state index in [1.165, 1.54) is 83.5 Å². The van der Waals surface area contributed by atoms with Crippen molar-refractivity contribution in [1.82, 2.24) is 0 Å². The first-order valence-electron chi connectivity index (χ1n) is 22.7. The lowest BCUT2D eigenvalue weighted by Gasteiger charge is -2.34. The van der Waals surface area contributed by atoms with Crippen molar-refractivity contribution in [3.8, 4) is 0 Å². The first kappa shape index (κ1) is 49.8. The molecule has 2 saturated heterocycles. The Morgan fingerprint density at radius 1 is 0.630 bits per heavy atom. The van der Waals surface area contributed by atoms with E-state index in [0.717, 1.165) is 57.8 Å². The highest BCUT2D eigenvalue weighted by Gasteiger charge is 2.40. The van der Waals surface area contributed by atoms with Gasteiger partial charge in [0, 0.05) is 12.5 Å². The Labute approximate surface area is 337 Å². The van der Waals surface area contributed by atoms with Crippen LogP contribution in [0.3, 0.4) is 0 Å². The second-order valence-electron chi connectivity index (χ2n) is 20.0. The first-order valence-corrected chi connectivity index (χ1v) is 33.0. The lowest BCUT2D eigenvalue weighted by atomic mass is 9.96. The van der Waals surface area contributed by atoms with Gasteiger partial charge in [-0.2, -0.15) is 0 Å². The number of Topliss-reactive ketones (excluding diaryl/α,β-unsaturated/α-hetero) is 1. The molecule has 54 heavy (non-hydrogen) atoms. The van der Waals surface area contributed by atoms with Crippen LogP contribution < -0.4 is 0 Å². The Kier molecular flexibility index (Phi) is 23.9. The second kappa shape index (κ2) is 25.9. The zero-order chi connectivity index (χ0) is 40.2. The fourth-order valence-corrected chi connectivity index (χ4v) is 12.0. The van der Waals surface area contributed by atoms with Crippen LogP contribution in [0.25, 0.3) is 0 Å². The number of cyclic esters (lactones) is 1. The average molecular weight is 813 g/mol. The van der Waals surface area contributed by atoms with E-state index in [0.29, 0.717) is 12.8 Å². The van der Waals surface area contributed by atoms with Gasteiger partial charge in [0.1, 0.15) is 11.9 Å². The number of carbonyl (C=O) groups is 2. The van der Waals surface area contributed by atoms with E-state index in [2.05, 4.69) is 65.8 Å². The number of ketones is 1. The van der Waals surface area contributed by atoms with Crippen molar-refractivity contribution in [2.24, 2.45) is 5.92 Å². The summed E-state index contributed by atoms with van der Waals surface area (Å²) in [5, 5.41) is 0. The highest BCUT2D eigenvalue weighted by Crippen LogP contribution is 2.34. The summed E-state index contributed by atoms with van der Waals surface area (Å²) in [7, 11) is -5.21. The summed E-state index contributed by atoms with van der Waals surface area (Å²) in [4.78, 5) is 23.5. The highest BCUT2D eigenvalue weighted by molar-refractivity contribution is 6.70. The highest BCUT2D eigenvalue weighted by atomic mass is 28.4. The third-order valence-corrected chi connectivity index (χ3v) is 13.9. The van der Waals surface area contributed by atoms with Crippen LogP contribution >= 0.6 is 0 Å². The minimum absolute atomic E-state index is 0.00915. The van der Waals surface area contributed by atoms with Crippen LogP contribution in [0, 0.1) is 5.92 Å². The fraction of sp³-hybridized carbons (Fsp3) is 0.955. The summed E-state index contributed by atoms with van der Waals surface area (Å²) in [6.07, 6.45) is 28.5. The minimum atomic E-state index is -1.79. The summed E-state index contributed by atoms with van der Waals surface area (Å²) in [6.45, 7) is 24.7. The molecular weight excluding hydrogens is 725 g/mol. The first-order chi connectivity index (χ1) is 25.3. The van der Waals surface area contributed by atoms with Crippen LogP contribution in [-0.4, -0.2) is 73.3 Å². The van der Waals surface area contributed by atoms with Gasteiger partial charge in [-0.25, -0.2) is 0 Å². The maximum atomic E-state index is 12.1. The van der Waals surface area contributed by atoms with Gasteiger partial charge in [0.05, 0.1) is 30.3 Å². The Morgan fingerprint density at radius 3 is 1.59 bits per heavy atom. The molecule has 2 heterocycles. The van der Waals surface area contributed by atoms with Gasteiger partial charge in [0.2, 0.25) is 0 Å². The topological polar surface area (TPSA) is 80.3 Å². The van der Waals surface area contributed by atoms with Crippen molar-refractivity contribution in [3.63, 3.8) is 0 Å². The summed E-state index contributed by atoms with van der Waals surface area (Å²) in [5.74, 6) is -0.340. The van der Waals surface area contributed by atoms with E-state index in [1.807, 2.05) is 0 Å². The van der Waals surface area contributed by atoms with Gasteiger partial charge in [-0.3, -0.25) is 4.79 Å². The molecule has 0 radical (unpaired) electrons. The summed E-state index contributed by atoms with van der Waals surface area (Å²) in [6, 6.07) is 0. The Bertz CT molecular complexity index is 1020. The van der Waals surface area contributed by atoms with Crippen molar-refractivity contribution < 1.29 is 32.3 Å². The molecule has 0 aliphatic carbocycles. The predicted octanol–water partition coefficient (Wildman–Crippen LogP) is 12.9. The normalized spacial score (nSPS) is 22.8. The van der Waals surface area contributed by atoms with Crippen LogP contribution in [0.1, 0.15) is 168 Å². The Balaban J connectivity index is 1.85. The monoisotopic (exact) mass is 813 g/mol. The van der Waals surface area contributed by atoms with Crippen molar-refractivity contribution >= 4 is 36.7 Å². The number of hydrogen-bond acceptors (Lipinski definition) is 7. The van der Waals surface area contributed by atoms with Gasteiger partial charge < -0.3 is 27.5 Å². The smallest absolute Gasteiger partial charge is 0.309 e. The zero-order valence-corrected chi connectivity index (χ0v) is 40.4. The molecule has 10 heteroatoms. The van der Waals surface area contributed by atoms with Crippen LogP contribution in [0.15, 0.2) is 0 Å². The molecule has 0 saturated carbocycles. The van der Waals surface area contributed by atoms with E-state index in [-0.39, 0.29) is 54.3 Å². The van der Waals surface area contributed by atoms with Gasteiger partial charge >= 0.3 is 5.97 Å². The molecule has 0 aromatic heterocycles. The lowest BCUT2D eigenvalue weighted by Crippen LogP contribution is -2.42. The van der Waals surface area contributed by atoms with Gasteiger partial charge in [-0.05, 0) is 124 Å². The van der Waals surface area contributed by atoms with Crippen molar-refractivity contribution in [2.75, 3.05) is 0 Å². The molecule has 0 aromatic carbocycles. The maximum absolute atomic E-state index is 12.1. The van der Waals surface area contributed by atoms with Crippen molar-refractivity contribution in [1.29, 1.82) is 0 Å². The minimum Gasteiger partial charge on any atom is -0.462 e. The number of esters is 1. The molecule has 2 aliphatic rings. The molecule has 0 spiro atoms. The number of ether oxygens (including phenoxy) is 2. The SMILES string of the molecule is CCCCCCCCCCCC[C@@H](O[Si](C)(C)C)[C@H]1CC[C@H]([C@H](CC[C@@H](CCCCCCC[C@@H]2C[C@@H](CC(C)=O)C(=O)O2)O[Si](C)(C)C)O[Si](C)(C)C)O1. The summed E-state index contributed by atoms with van der Waals surface area (Å²) < 4.78 is 33.1.